The van der Waals surface area contributed by atoms with E-state index in [1.54, 1.807) is 0 Å². The summed E-state index contributed by atoms with van der Waals surface area (Å²) in [6.07, 6.45) is 0. The van der Waals surface area contributed by atoms with E-state index in [4.69, 9.17) is 22.4 Å². The van der Waals surface area contributed by atoms with Gasteiger partial charge in [0.25, 0.3) is 20.2 Å². The second-order valence-corrected chi connectivity index (χ2v) is 12.2. The van der Waals surface area contributed by atoms with Crippen molar-refractivity contribution in [2.45, 2.75) is 9.79 Å². The Morgan fingerprint density at radius 2 is 1.39 bits per heavy atom. The largest absolute Gasteiger partial charge is 0.397 e. The number of ketones is 2. The normalized spacial score (nSPS) is 12.8. The molecule has 1 aliphatic carbocycles. The number of carbonyl (C=O) groups is 2. The number of rotatable bonds is 9. The van der Waals surface area contributed by atoms with E-state index in [0.717, 1.165) is 18.2 Å². The number of aromatic nitrogens is 3. The summed E-state index contributed by atoms with van der Waals surface area (Å²) in [5.74, 6) is -1.79. The highest BCUT2D eigenvalue weighted by Crippen LogP contribution is 2.40. The van der Waals surface area contributed by atoms with Crippen LogP contribution in [0.1, 0.15) is 31.8 Å². The molecule has 0 saturated carbocycles. The maximum Gasteiger partial charge on any atom is 0.296 e. The van der Waals surface area contributed by atoms with Gasteiger partial charge in [-0.2, -0.15) is 31.8 Å². The molecule has 0 radical (unpaired) electrons. The van der Waals surface area contributed by atoms with Crippen LogP contribution < -0.4 is 21.7 Å². The molecule has 0 fully saturated rings. The topological polar surface area (TPSA) is 264 Å². The number of halogens is 1. The fourth-order valence-corrected chi connectivity index (χ4v) is 5.90. The number of benzene rings is 3. The lowest BCUT2D eigenvalue weighted by Gasteiger charge is -2.24. The Kier molecular flexibility index (Phi) is 7.97. The second-order valence-electron chi connectivity index (χ2n) is 9.10. The van der Waals surface area contributed by atoms with Crippen LogP contribution in [0.15, 0.2) is 58.3 Å². The minimum Gasteiger partial charge on any atom is -0.397 e. The summed E-state index contributed by atoms with van der Waals surface area (Å²) in [5.41, 5.74) is 4.04. The first-order chi connectivity index (χ1) is 20.7. The molecule has 0 spiro atoms. The van der Waals surface area contributed by atoms with Crippen molar-refractivity contribution in [1.29, 1.82) is 0 Å². The highest BCUT2D eigenvalue weighted by molar-refractivity contribution is 7.86. The molecule has 0 saturated heterocycles. The van der Waals surface area contributed by atoms with E-state index in [-0.39, 0.29) is 64.1 Å². The summed E-state index contributed by atoms with van der Waals surface area (Å²) < 4.78 is 68.4. The second kappa shape index (κ2) is 11.4. The Labute approximate surface area is 253 Å². The van der Waals surface area contributed by atoms with Crippen LogP contribution in [0.5, 0.6) is 0 Å². The number of aliphatic hydroxyl groups excluding tert-OH is 1. The van der Waals surface area contributed by atoms with Gasteiger partial charge in [-0.1, -0.05) is 24.3 Å². The third-order valence-electron chi connectivity index (χ3n) is 6.26. The maximum atomic E-state index is 13.6. The number of hydrogen-bond donors (Lipinski definition) is 7. The minimum atomic E-state index is -5.00. The molecular formula is C25H20ClN7O9S2. The molecule has 19 heteroatoms. The highest BCUT2D eigenvalue weighted by Gasteiger charge is 2.36. The molecule has 0 amide bonds. The molecule has 5 rings (SSSR count). The molecule has 16 nitrogen and oxygen atoms in total. The van der Waals surface area contributed by atoms with Crippen molar-refractivity contribution >= 4 is 78.0 Å². The van der Waals surface area contributed by atoms with Gasteiger partial charge in [0.05, 0.1) is 34.8 Å². The predicted octanol–water partition coefficient (Wildman–Crippen LogP) is 2.27. The molecule has 0 bridgehead atoms. The number of hydrogen-bond acceptors (Lipinski definition) is 14. The summed E-state index contributed by atoms with van der Waals surface area (Å²) >= 11 is 5.93. The van der Waals surface area contributed by atoms with Gasteiger partial charge in [0.1, 0.15) is 9.79 Å². The van der Waals surface area contributed by atoms with Gasteiger partial charge in [0.2, 0.25) is 17.2 Å². The number of carbonyl (C=O) groups excluding carboxylic acids is 2. The summed E-state index contributed by atoms with van der Waals surface area (Å²) in [6, 6.07) is 9.95. The van der Waals surface area contributed by atoms with Crippen molar-refractivity contribution in [3.05, 3.63) is 76.1 Å². The summed E-state index contributed by atoms with van der Waals surface area (Å²) in [5, 5.41) is 16.7. The molecule has 0 unspecified atom stereocenters. The average molecular weight is 662 g/mol. The summed E-state index contributed by atoms with van der Waals surface area (Å²) in [6.45, 7) is -0.209. The highest BCUT2D eigenvalue weighted by atomic mass is 35.5. The summed E-state index contributed by atoms with van der Waals surface area (Å²) in [4.78, 5) is 37.2. The SMILES string of the molecule is Nc1c(S(=O)(=O)O)cc(Nc2ccc(S(=O)(=O)O)c(Nc3nc(Cl)nc(NCCO)n3)c2)c2c1C(=O)c1ccccc1C2=O. The molecule has 3 aromatic carbocycles. The monoisotopic (exact) mass is 661 g/mol. The standard InChI is InChI=1S/C25H20ClN7O9S2/c26-23-31-24(28-7-8-34)33-25(32-23)30-14-9-11(5-6-16(14)43(37,38)39)29-15-10-17(44(40,41)42)20(27)19-18(15)21(35)12-3-1-2-4-13(12)22(19)36/h1-6,9-10,29,34H,7-8,27H2,(H,37,38,39)(H,40,41,42)(H2,28,30,31,32,33). The molecule has 228 valence electrons. The Hall–Kier alpha value is -4.72. The van der Waals surface area contributed by atoms with Crippen LogP contribution in [-0.4, -0.2) is 70.7 Å². The van der Waals surface area contributed by atoms with E-state index in [0.29, 0.717) is 0 Å². The van der Waals surface area contributed by atoms with Crippen LogP contribution in [-0.2, 0) is 20.2 Å². The lowest BCUT2D eigenvalue weighted by Crippen LogP contribution is -2.25. The number of nitrogens with two attached hydrogens (primary N) is 1. The minimum absolute atomic E-state index is 0.00560. The number of aliphatic hydroxyl groups is 1. The number of nitrogens with one attached hydrogen (secondary N) is 3. The van der Waals surface area contributed by atoms with E-state index in [9.17, 15) is 35.5 Å². The van der Waals surface area contributed by atoms with Crippen LogP contribution in [0.4, 0.5) is 34.6 Å². The quantitative estimate of drug-likeness (QED) is 0.0881. The lowest BCUT2D eigenvalue weighted by atomic mass is 9.82. The molecule has 0 aliphatic heterocycles. The molecular weight excluding hydrogens is 642 g/mol. The Balaban J connectivity index is 1.65. The first kappa shape index (κ1) is 30.7. The zero-order chi connectivity index (χ0) is 32.0. The van der Waals surface area contributed by atoms with Gasteiger partial charge in [0.15, 0.2) is 11.6 Å². The van der Waals surface area contributed by atoms with Gasteiger partial charge in [-0.05, 0) is 35.9 Å². The van der Waals surface area contributed by atoms with Crippen LogP contribution in [0, 0.1) is 0 Å². The van der Waals surface area contributed by atoms with E-state index >= 15 is 0 Å². The molecule has 1 heterocycles. The average Bonchev–Trinajstić information content (AvgIpc) is 2.94. The van der Waals surface area contributed by atoms with Crippen molar-refractivity contribution in [3.63, 3.8) is 0 Å². The molecule has 1 aliphatic rings. The van der Waals surface area contributed by atoms with Crippen molar-refractivity contribution < 1.29 is 40.6 Å². The van der Waals surface area contributed by atoms with E-state index in [2.05, 4.69) is 30.9 Å². The number of anilines is 6. The van der Waals surface area contributed by atoms with Crippen molar-refractivity contribution in [2.24, 2.45) is 0 Å². The van der Waals surface area contributed by atoms with E-state index in [1.807, 2.05) is 0 Å². The van der Waals surface area contributed by atoms with Crippen LogP contribution >= 0.6 is 11.6 Å². The fraction of sp³-hybridized carbons (Fsp3) is 0.0800. The van der Waals surface area contributed by atoms with Crippen LogP contribution in [0.3, 0.4) is 0 Å². The fourth-order valence-electron chi connectivity index (χ4n) is 4.46. The van der Waals surface area contributed by atoms with Gasteiger partial charge in [-0.3, -0.25) is 18.7 Å². The van der Waals surface area contributed by atoms with Crippen molar-refractivity contribution in [3.8, 4) is 0 Å². The molecule has 1 aromatic heterocycles. The van der Waals surface area contributed by atoms with E-state index in [1.165, 1.54) is 30.3 Å². The van der Waals surface area contributed by atoms with Gasteiger partial charge in [-0.25, -0.2) is 0 Å². The van der Waals surface area contributed by atoms with Crippen molar-refractivity contribution in [2.75, 3.05) is 34.8 Å². The summed E-state index contributed by atoms with van der Waals surface area (Å²) in [7, 11) is -9.84. The van der Waals surface area contributed by atoms with Gasteiger partial charge < -0.3 is 26.8 Å². The predicted molar refractivity (Wildman–Crippen MR) is 157 cm³/mol. The van der Waals surface area contributed by atoms with Crippen LogP contribution in [0.25, 0.3) is 0 Å². The number of fused-ring (bicyclic) bond motifs is 2. The third kappa shape index (κ3) is 5.89. The third-order valence-corrected chi connectivity index (χ3v) is 8.24. The van der Waals surface area contributed by atoms with Crippen molar-refractivity contribution in [1.82, 2.24) is 15.0 Å². The molecule has 0 atom stereocenters. The van der Waals surface area contributed by atoms with Gasteiger partial charge in [0, 0.05) is 23.4 Å². The van der Waals surface area contributed by atoms with Crippen LogP contribution in [0.2, 0.25) is 5.28 Å². The number of nitrogens with zero attached hydrogens (tertiary/aromatic N) is 3. The van der Waals surface area contributed by atoms with Gasteiger partial charge in [-0.15, -0.1) is 0 Å². The molecule has 8 N–H and O–H groups in total. The van der Waals surface area contributed by atoms with Gasteiger partial charge >= 0.3 is 0 Å². The first-order valence-corrected chi connectivity index (χ1v) is 15.5. The Morgan fingerprint density at radius 1 is 0.773 bits per heavy atom. The molecule has 44 heavy (non-hydrogen) atoms. The number of nitrogen functional groups attached to an aromatic ring is 1. The molecule has 4 aromatic rings. The zero-order valence-electron chi connectivity index (χ0n) is 21.9. The first-order valence-electron chi connectivity index (χ1n) is 12.2. The van der Waals surface area contributed by atoms with E-state index < -0.39 is 52.8 Å². The maximum absolute atomic E-state index is 13.6. The Morgan fingerprint density at radius 3 is 2.00 bits per heavy atom. The Bertz CT molecular complexity index is 2090. The smallest absolute Gasteiger partial charge is 0.296 e. The lowest BCUT2D eigenvalue weighted by molar-refractivity contribution is 0.0980. The zero-order valence-corrected chi connectivity index (χ0v) is 24.3.